The van der Waals surface area contributed by atoms with Crippen molar-refractivity contribution in [1.82, 2.24) is 0 Å². The lowest BCUT2D eigenvalue weighted by Gasteiger charge is -2.15. The summed E-state index contributed by atoms with van der Waals surface area (Å²) in [4.78, 5) is 0. The Morgan fingerprint density at radius 3 is 1.78 bits per heavy atom. The fraction of sp³-hybridized carbons (Fsp3) is 0. The van der Waals surface area contributed by atoms with Gasteiger partial charge in [-0.25, -0.2) is 0 Å². The Morgan fingerprint density at radius 1 is 0.783 bits per heavy atom. The van der Waals surface area contributed by atoms with Gasteiger partial charge >= 0.3 is 7.82 Å². The highest BCUT2D eigenvalue weighted by Gasteiger charge is 2.32. The first-order valence-electron chi connectivity index (χ1n) is 6.45. The summed E-state index contributed by atoms with van der Waals surface area (Å²) < 4.78 is 28.4. The second-order valence-corrected chi connectivity index (χ2v) is 5.41. The number of rotatable bonds is 5. The van der Waals surface area contributed by atoms with Crippen molar-refractivity contribution in [3.05, 3.63) is 60.7 Å². The maximum Gasteiger partial charge on any atom is 0.655 e. The molecule has 0 heterocycles. The molecule has 0 spiro atoms. The fourth-order valence-electron chi connectivity index (χ4n) is 1.45. The first-order valence-corrected chi connectivity index (χ1v) is 7.91. The van der Waals surface area contributed by atoms with Gasteiger partial charge in [0.25, 0.3) is 0 Å². The third-order valence-electron chi connectivity index (χ3n) is 2.33. The molecule has 0 aliphatic carbocycles. The van der Waals surface area contributed by atoms with Gasteiger partial charge in [0.05, 0.1) is 0 Å². The van der Waals surface area contributed by atoms with Gasteiger partial charge in [0.1, 0.15) is 17.6 Å². The molecule has 0 aliphatic rings. The molecule has 23 heavy (non-hydrogen) atoms. The molecular formula is C18H11O4P. The molecular weight excluding hydrogens is 311 g/mol. The molecule has 4 nitrogen and oxygen atoms in total. The van der Waals surface area contributed by atoms with Crippen molar-refractivity contribution in [2.24, 2.45) is 0 Å². The quantitative estimate of drug-likeness (QED) is 0.619. The Balaban J connectivity index is 2.20. The summed E-state index contributed by atoms with van der Waals surface area (Å²) in [5.74, 6) is 9.66. The monoisotopic (exact) mass is 322 g/mol. The van der Waals surface area contributed by atoms with Crippen LogP contribution in [0.3, 0.4) is 0 Å². The standard InChI is InChI=1S/C18H11O4P/c1-2-3-4-11-16-20-23(19,21-17-12-7-5-8-13-17)22-18-14-9-6-10-15-18/h1,5-10,12-15H. The van der Waals surface area contributed by atoms with E-state index in [1.807, 2.05) is 0 Å². The lowest BCUT2D eigenvalue weighted by atomic mass is 10.3. The van der Waals surface area contributed by atoms with Crippen molar-refractivity contribution >= 4 is 7.82 Å². The average molecular weight is 322 g/mol. The molecule has 0 bridgehead atoms. The minimum atomic E-state index is -4.00. The molecule has 0 saturated heterocycles. The van der Waals surface area contributed by atoms with E-state index in [9.17, 15) is 4.57 Å². The van der Waals surface area contributed by atoms with Crippen LogP contribution >= 0.6 is 7.82 Å². The molecule has 0 N–H and O–H groups in total. The van der Waals surface area contributed by atoms with E-state index < -0.39 is 7.82 Å². The Kier molecular flexibility index (Phi) is 5.79. The molecule has 2 rings (SSSR count). The van der Waals surface area contributed by atoms with Crippen LogP contribution in [0.2, 0.25) is 0 Å². The van der Waals surface area contributed by atoms with Crippen LogP contribution in [0.1, 0.15) is 0 Å². The summed E-state index contributed by atoms with van der Waals surface area (Å²) >= 11 is 0. The predicted octanol–water partition coefficient (Wildman–Crippen LogP) is 3.87. The second kappa shape index (κ2) is 8.26. The highest BCUT2D eigenvalue weighted by Crippen LogP contribution is 2.49. The number of benzene rings is 2. The summed E-state index contributed by atoms with van der Waals surface area (Å²) in [5, 5.41) is 0. The molecule has 0 fully saturated rings. The summed E-state index contributed by atoms with van der Waals surface area (Å²) in [6.07, 6.45) is 7.13. The zero-order valence-electron chi connectivity index (χ0n) is 11.9. The number of hydrogen-bond donors (Lipinski definition) is 0. The number of hydrogen-bond acceptors (Lipinski definition) is 4. The van der Waals surface area contributed by atoms with E-state index in [1.54, 1.807) is 60.7 Å². The van der Waals surface area contributed by atoms with Crippen molar-refractivity contribution in [1.29, 1.82) is 0 Å². The van der Waals surface area contributed by atoms with Crippen molar-refractivity contribution in [2.75, 3.05) is 0 Å². The van der Waals surface area contributed by atoms with Gasteiger partial charge < -0.3 is 13.6 Å². The molecule has 0 saturated carbocycles. The lowest BCUT2D eigenvalue weighted by Crippen LogP contribution is -2.02. The van der Waals surface area contributed by atoms with Crippen LogP contribution in [0.4, 0.5) is 0 Å². The van der Waals surface area contributed by atoms with E-state index in [2.05, 4.69) is 29.8 Å². The molecule has 0 amide bonds. The normalized spacial score (nSPS) is 9.17. The molecule has 112 valence electrons. The van der Waals surface area contributed by atoms with Crippen LogP contribution in [0.15, 0.2) is 60.7 Å². The van der Waals surface area contributed by atoms with Crippen molar-refractivity contribution in [2.45, 2.75) is 0 Å². The van der Waals surface area contributed by atoms with E-state index >= 15 is 0 Å². The van der Waals surface area contributed by atoms with E-state index in [0.29, 0.717) is 11.5 Å². The minimum Gasteiger partial charge on any atom is -0.385 e. The first kappa shape index (κ1) is 16.1. The molecule has 5 heteroatoms. The largest absolute Gasteiger partial charge is 0.655 e. The topological polar surface area (TPSA) is 44.8 Å². The van der Waals surface area contributed by atoms with Gasteiger partial charge in [-0.1, -0.05) is 36.4 Å². The molecule has 0 unspecified atom stereocenters. The average Bonchev–Trinajstić information content (AvgIpc) is 2.56. The highest BCUT2D eigenvalue weighted by molar-refractivity contribution is 7.49. The van der Waals surface area contributed by atoms with Crippen LogP contribution in [0, 0.1) is 36.2 Å². The van der Waals surface area contributed by atoms with E-state index in [0.717, 1.165) is 0 Å². The Morgan fingerprint density at radius 2 is 1.30 bits per heavy atom. The van der Waals surface area contributed by atoms with Crippen LogP contribution in [0.5, 0.6) is 11.5 Å². The van der Waals surface area contributed by atoms with Crippen LogP contribution in [-0.2, 0) is 9.09 Å². The van der Waals surface area contributed by atoms with E-state index in [-0.39, 0.29) is 0 Å². The van der Waals surface area contributed by atoms with Crippen molar-refractivity contribution < 1.29 is 18.1 Å². The lowest BCUT2D eigenvalue weighted by molar-refractivity contribution is 0.284. The van der Waals surface area contributed by atoms with Gasteiger partial charge in [0.2, 0.25) is 0 Å². The molecule has 0 atom stereocenters. The fourth-order valence-corrected chi connectivity index (χ4v) is 2.48. The van der Waals surface area contributed by atoms with E-state index in [1.165, 1.54) is 0 Å². The minimum absolute atomic E-state index is 0.322. The molecule has 0 aromatic heterocycles. The number of phosphoric ester groups is 1. The predicted molar refractivity (Wildman–Crippen MR) is 87.2 cm³/mol. The molecule has 2 aromatic rings. The molecule has 0 aliphatic heterocycles. The SMILES string of the molecule is C#CC#CC#COP(=O)(Oc1ccccc1)Oc1ccccc1. The maximum atomic E-state index is 12.7. The molecule has 2 aromatic carbocycles. The highest BCUT2D eigenvalue weighted by atomic mass is 31.2. The Labute approximate surface area is 135 Å². The van der Waals surface area contributed by atoms with E-state index in [4.69, 9.17) is 20.0 Å². The third kappa shape index (κ3) is 5.56. The van der Waals surface area contributed by atoms with Gasteiger partial charge in [-0.05, 0) is 36.1 Å². The second-order valence-electron chi connectivity index (χ2n) is 3.97. The Hall–Kier alpha value is -3.25. The number of terminal acetylenes is 1. The van der Waals surface area contributed by atoms with Crippen LogP contribution < -0.4 is 9.05 Å². The van der Waals surface area contributed by atoms with Gasteiger partial charge in [0, 0.05) is 11.8 Å². The van der Waals surface area contributed by atoms with Gasteiger partial charge in [-0.2, -0.15) is 4.57 Å². The zero-order valence-corrected chi connectivity index (χ0v) is 12.8. The van der Waals surface area contributed by atoms with Gasteiger partial charge in [-0.3, -0.25) is 0 Å². The first-order chi connectivity index (χ1) is 11.2. The smallest absolute Gasteiger partial charge is 0.385 e. The van der Waals surface area contributed by atoms with Crippen LogP contribution in [-0.4, -0.2) is 0 Å². The maximum absolute atomic E-state index is 12.7. The third-order valence-corrected chi connectivity index (χ3v) is 3.51. The summed E-state index contributed by atoms with van der Waals surface area (Å²) in [5.41, 5.74) is 0. The number of phosphoric acid groups is 1. The Bertz CT molecular complexity index is 801. The summed E-state index contributed by atoms with van der Waals surface area (Å²) in [6, 6.07) is 17.0. The van der Waals surface area contributed by atoms with Crippen LogP contribution in [0.25, 0.3) is 0 Å². The molecule has 0 radical (unpaired) electrons. The summed E-state index contributed by atoms with van der Waals surface area (Å²) in [7, 11) is -4.00. The van der Waals surface area contributed by atoms with Crippen molar-refractivity contribution in [3.8, 4) is 47.7 Å². The summed E-state index contributed by atoms with van der Waals surface area (Å²) in [6.45, 7) is 0. The van der Waals surface area contributed by atoms with Gasteiger partial charge in [0.15, 0.2) is 0 Å². The number of para-hydroxylation sites is 2. The van der Waals surface area contributed by atoms with Gasteiger partial charge in [-0.15, -0.1) is 6.42 Å². The zero-order chi connectivity index (χ0) is 16.4. The van der Waals surface area contributed by atoms with Crippen molar-refractivity contribution in [3.63, 3.8) is 0 Å².